The fraction of sp³-hybridized carbons (Fsp3) is 0.533. The second-order valence-corrected chi connectivity index (χ2v) is 5.87. The van der Waals surface area contributed by atoms with Crippen LogP contribution in [0.3, 0.4) is 0 Å². The van der Waals surface area contributed by atoms with Crippen LogP contribution in [0.4, 0.5) is 0 Å². The van der Waals surface area contributed by atoms with Gasteiger partial charge in [-0.1, -0.05) is 24.3 Å². The summed E-state index contributed by atoms with van der Waals surface area (Å²) in [5.74, 6) is 0.862. The van der Waals surface area contributed by atoms with Gasteiger partial charge in [-0.05, 0) is 43.2 Å². The first-order chi connectivity index (χ1) is 8.59. The Bertz CT molecular complexity index is 477. The van der Waals surface area contributed by atoms with Gasteiger partial charge in [0.2, 0.25) is 5.91 Å². The molecule has 0 aromatic heterocycles. The molecule has 0 spiro atoms. The molecule has 0 radical (unpaired) electrons. The highest BCUT2D eigenvalue weighted by Gasteiger charge is 2.44. The summed E-state index contributed by atoms with van der Waals surface area (Å²) in [7, 11) is 0. The lowest BCUT2D eigenvalue weighted by Crippen LogP contribution is -2.54. The second-order valence-electron chi connectivity index (χ2n) is 5.87. The predicted octanol–water partition coefficient (Wildman–Crippen LogP) is 1.57. The van der Waals surface area contributed by atoms with Crippen LogP contribution in [0.1, 0.15) is 36.8 Å². The van der Waals surface area contributed by atoms with Crippen molar-refractivity contribution in [3.8, 4) is 0 Å². The van der Waals surface area contributed by atoms with Crippen LogP contribution < -0.4 is 11.1 Å². The Morgan fingerprint density at radius 3 is 2.83 bits per heavy atom. The maximum absolute atomic E-state index is 12.1. The number of hydrogen-bond donors (Lipinski definition) is 2. The van der Waals surface area contributed by atoms with Crippen LogP contribution in [0.15, 0.2) is 24.3 Å². The second kappa shape index (κ2) is 4.09. The van der Waals surface area contributed by atoms with Crippen molar-refractivity contribution in [2.24, 2.45) is 11.7 Å². The molecule has 18 heavy (non-hydrogen) atoms. The molecule has 0 heterocycles. The number of carbonyl (C=O) groups is 1. The van der Waals surface area contributed by atoms with Gasteiger partial charge in [0.05, 0.1) is 5.54 Å². The maximum Gasteiger partial charge on any atom is 0.240 e. The first-order valence-corrected chi connectivity index (χ1v) is 6.74. The Balaban J connectivity index is 1.56. The minimum absolute atomic E-state index is 0.00869. The van der Waals surface area contributed by atoms with E-state index >= 15 is 0 Å². The van der Waals surface area contributed by atoms with Gasteiger partial charge in [0.1, 0.15) is 0 Å². The topological polar surface area (TPSA) is 55.1 Å². The summed E-state index contributed by atoms with van der Waals surface area (Å²) in [5.41, 5.74) is 8.21. The van der Waals surface area contributed by atoms with E-state index in [1.807, 2.05) is 6.92 Å². The zero-order valence-electron chi connectivity index (χ0n) is 10.8. The summed E-state index contributed by atoms with van der Waals surface area (Å²) in [6.07, 6.45) is 3.25. The highest BCUT2D eigenvalue weighted by Crippen LogP contribution is 2.38. The number of benzene rings is 1. The van der Waals surface area contributed by atoms with Gasteiger partial charge in [-0.3, -0.25) is 4.79 Å². The summed E-state index contributed by atoms with van der Waals surface area (Å²) in [5, 5.41) is 3.02. The van der Waals surface area contributed by atoms with Gasteiger partial charge >= 0.3 is 0 Å². The van der Waals surface area contributed by atoms with Crippen molar-refractivity contribution in [2.75, 3.05) is 6.54 Å². The fourth-order valence-electron chi connectivity index (χ4n) is 2.82. The standard InChI is InChI=1S/C15H20N2O/c1-15(16,12-6-7-12)14(18)17-9-11-8-10-4-2-3-5-13(10)11/h2-5,11-12H,6-9,16H2,1H3,(H,17,18). The van der Waals surface area contributed by atoms with Crippen LogP contribution >= 0.6 is 0 Å². The lowest BCUT2D eigenvalue weighted by Gasteiger charge is -2.32. The maximum atomic E-state index is 12.1. The van der Waals surface area contributed by atoms with E-state index in [-0.39, 0.29) is 5.91 Å². The van der Waals surface area contributed by atoms with Crippen molar-refractivity contribution in [1.29, 1.82) is 0 Å². The van der Waals surface area contributed by atoms with Gasteiger partial charge in [0.15, 0.2) is 0 Å². The zero-order valence-corrected chi connectivity index (χ0v) is 10.8. The van der Waals surface area contributed by atoms with Gasteiger partial charge in [0.25, 0.3) is 0 Å². The minimum Gasteiger partial charge on any atom is -0.354 e. The molecule has 3 heteroatoms. The van der Waals surface area contributed by atoms with Gasteiger partial charge in [-0.2, -0.15) is 0 Å². The Morgan fingerprint density at radius 1 is 1.44 bits per heavy atom. The van der Waals surface area contributed by atoms with E-state index < -0.39 is 5.54 Å². The molecular formula is C15H20N2O. The Hall–Kier alpha value is -1.35. The molecule has 3 rings (SSSR count). The van der Waals surface area contributed by atoms with Crippen molar-refractivity contribution in [2.45, 2.75) is 37.6 Å². The van der Waals surface area contributed by atoms with Gasteiger partial charge < -0.3 is 11.1 Å². The van der Waals surface area contributed by atoms with E-state index in [1.165, 1.54) is 11.1 Å². The van der Waals surface area contributed by atoms with Gasteiger partial charge in [-0.25, -0.2) is 0 Å². The molecule has 0 bridgehead atoms. The monoisotopic (exact) mass is 244 g/mol. The molecule has 2 atom stereocenters. The molecule has 2 aliphatic carbocycles. The number of hydrogen-bond acceptors (Lipinski definition) is 2. The Morgan fingerprint density at radius 2 is 2.17 bits per heavy atom. The van der Waals surface area contributed by atoms with Crippen LogP contribution in [0.2, 0.25) is 0 Å². The average Bonchev–Trinajstić information content (AvgIpc) is 3.14. The van der Waals surface area contributed by atoms with E-state index in [4.69, 9.17) is 5.73 Å². The number of carbonyl (C=O) groups excluding carboxylic acids is 1. The van der Waals surface area contributed by atoms with Crippen molar-refractivity contribution < 1.29 is 4.79 Å². The normalized spacial score (nSPS) is 24.7. The van der Waals surface area contributed by atoms with Crippen LogP contribution in [0.5, 0.6) is 0 Å². The molecule has 1 aromatic rings. The predicted molar refractivity (Wildman–Crippen MR) is 71.2 cm³/mol. The Kier molecular flexibility index (Phi) is 2.67. The van der Waals surface area contributed by atoms with E-state index in [0.29, 0.717) is 11.8 Å². The molecule has 3 nitrogen and oxygen atoms in total. The molecule has 96 valence electrons. The fourth-order valence-corrected chi connectivity index (χ4v) is 2.82. The summed E-state index contributed by atoms with van der Waals surface area (Å²) in [4.78, 5) is 12.1. The summed E-state index contributed by atoms with van der Waals surface area (Å²) >= 11 is 0. The number of rotatable bonds is 4. The quantitative estimate of drug-likeness (QED) is 0.844. The summed E-state index contributed by atoms with van der Waals surface area (Å²) in [6, 6.07) is 8.44. The lowest BCUT2D eigenvalue weighted by atomic mass is 9.77. The highest BCUT2D eigenvalue weighted by atomic mass is 16.2. The van der Waals surface area contributed by atoms with Crippen LogP contribution in [0, 0.1) is 5.92 Å². The largest absolute Gasteiger partial charge is 0.354 e. The smallest absolute Gasteiger partial charge is 0.240 e. The molecule has 0 aliphatic heterocycles. The molecule has 0 saturated heterocycles. The van der Waals surface area contributed by atoms with Crippen molar-refractivity contribution in [3.05, 3.63) is 35.4 Å². The molecular weight excluding hydrogens is 224 g/mol. The molecule has 1 aromatic carbocycles. The molecule has 2 unspecified atom stereocenters. The summed E-state index contributed by atoms with van der Waals surface area (Å²) < 4.78 is 0. The van der Waals surface area contributed by atoms with Crippen molar-refractivity contribution in [3.63, 3.8) is 0 Å². The lowest BCUT2D eigenvalue weighted by molar-refractivity contribution is -0.126. The zero-order chi connectivity index (χ0) is 12.8. The first kappa shape index (κ1) is 11.7. The third-order valence-electron chi connectivity index (χ3n) is 4.38. The van der Waals surface area contributed by atoms with Gasteiger partial charge in [-0.15, -0.1) is 0 Å². The van der Waals surface area contributed by atoms with E-state index in [1.54, 1.807) is 0 Å². The SMILES string of the molecule is CC(N)(C(=O)NCC1Cc2ccccc21)C1CC1. The van der Waals surface area contributed by atoms with Crippen LogP contribution in [-0.2, 0) is 11.2 Å². The van der Waals surface area contributed by atoms with Crippen LogP contribution in [-0.4, -0.2) is 18.0 Å². The third kappa shape index (κ3) is 1.93. The molecule has 3 N–H and O–H groups in total. The number of nitrogens with two attached hydrogens (primary N) is 1. The number of amides is 1. The minimum atomic E-state index is -0.677. The van der Waals surface area contributed by atoms with Crippen molar-refractivity contribution in [1.82, 2.24) is 5.32 Å². The molecule has 1 fully saturated rings. The highest BCUT2D eigenvalue weighted by molar-refractivity contribution is 5.86. The van der Waals surface area contributed by atoms with Crippen molar-refractivity contribution >= 4 is 5.91 Å². The average molecular weight is 244 g/mol. The van der Waals surface area contributed by atoms with E-state index in [0.717, 1.165) is 25.8 Å². The number of fused-ring (bicyclic) bond motifs is 1. The Labute approximate surface area is 108 Å². The first-order valence-electron chi connectivity index (χ1n) is 6.74. The third-order valence-corrected chi connectivity index (χ3v) is 4.38. The number of nitrogens with one attached hydrogen (secondary N) is 1. The van der Waals surface area contributed by atoms with E-state index in [2.05, 4.69) is 29.6 Å². The van der Waals surface area contributed by atoms with Crippen LogP contribution in [0.25, 0.3) is 0 Å². The van der Waals surface area contributed by atoms with Gasteiger partial charge in [0, 0.05) is 12.5 Å². The molecule has 1 saturated carbocycles. The molecule has 1 amide bonds. The molecule has 2 aliphatic rings. The van der Waals surface area contributed by atoms with E-state index in [9.17, 15) is 4.79 Å². The summed E-state index contributed by atoms with van der Waals surface area (Å²) in [6.45, 7) is 2.57.